The van der Waals surface area contributed by atoms with Crippen LogP contribution in [0.2, 0.25) is 0 Å². The van der Waals surface area contributed by atoms with Gasteiger partial charge < -0.3 is 10.2 Å². The average Bonchev–Trinajstić information content (AvgIpc) is 3.06. The minimum absolute atomic E-state index is 0.0286. The van der Waals surface area contributed by atoms with Gasteiger partial charge in [-0.05, 0) is 48.4 Å². The summed E-state index contributed by atoms with van der Waals surface area (Å²) in [4.78, 5) is 26.4. The van der Waals surface area contributed by atoms with Crippen molar-refractivity contribution in [1.82, 2.24) is 4.90 Å². The van der Waals surface area contributed by atoms with E-state index in [2.05, 4.69) is 11.4 Å². The van der Waals surface area contributed by atoms with E-state index in [1.165, 1.54) is 31.2 Å². The Morgan fingerprint density at radius 2 is 1.96 bits per heavy atom. The fourth-order valence-corrected chi connectivity index (χ4v) is 3.88. The Morgan fingerprint density at radius 3 is 2.67 bits per heavy atom. The molecule has 0 unspecified atom stereocenters. The molecule has 1 aliphatic heterocycles. The number of amides is 2. The molecule has 1 aromatic carbocycles. The lowest BCUT2D eigenvalue weighted by Crippen LogP contribution is -2.38. The van der Waals surface area contributed by atoms with E-state index in [1.807, 2.05) is 30.9 Å². The number of hydrogen-bond donors (Lipinski definition) is 1. The molecule has 1 aliphatic carbocycles. The van der Waals surface area contributed by atoms with Crippen LogP contribution in [0.3, 0.4) is 0 Å². The number of carbonyl (C=O) groups is 2. The highest BCUT2D eigenvalue weighted by Crippen LogP contribution is 2.28. The predicted molar refractivity (Wildman–Crippen MR) is 95.6 cm³/mol. The minimum Gasteiger partial charge on any atom is -0.338 e. The normalized spacial score (nSPS) is 17.9. The van der Waals surface area contributed by atoms with Crippen LogP contribution in [0.4, 0.5) is 5.69 Å². The third kappa shape index (κ3) is 3.97. The van der Waals surface area contributed by atoms with Crippen molar-refractivity contribution in [3.05, 3.63) is 29.3 Å². The number of fused-ring (bicyclic) bond motifs is 1. The van der Waals surface area contributed by atoms with Gasteiger partial charge in [0.25, 0.3) is 0 Å². The minimum atomic E-state index is 0.0286. The summed E-state index contributed by atoms with van der Waals surface area (Å²) in [5.41, 5.74) is 3.31. The lowest BCUT2D eigenvalue weighted by Gasteiger charge is -2.30. The highest BCUT2D eigenvalue weighted by molar-refractivity contribution is 5.91. The van der Waals surface area contributed by atoms with Crippen molar-refractivity contribution in [2.45, 2.75) is 58.9 Å². The number of rotatable bonds is 4. The summed E-state index contributed by atoms with van der Waals surface area (Å²) >= 11 is 0. The first kappa shape index (κ1) is 17.0. The Kier molecular flexibility index (Phi) is 5.22. The first-order valence-electron chi connectivity index (χ1n) is 9.23. The second kappa shape index (κ2) is 7.37. The Labute approximate surface area is 144 Å². The van der Waals surface area contributed by atoms with E-state index in [-0.39, 0.29) is 17.7 Å². The van der Waals surface area contributed by atoms with Gasteiger partial charge in [-0.15, -0.1) is 0 Å². The molecule has 1 N–H and O–H groups in total. The molecule has 1 fully saturated rings. The molecule has 4 heteroatoms. The summed E-state index contributed by atoms with van der Waals surface area (Å²) in [5.74, 6) is 0.909. The zero-order chi connectivity index (χ0) is 17.1. The fourth-order valence-electron chi connectivity index (χ4n) is 3.88. The highest BCUT2D eigenvalue weighted by Gasteiger charge is 2.23. The molecule has 1 saturated carbocycles. The number of nitrogens with zero attached hydrogens (tertiary/aromatic N) is 1. The number of hydrogen-bond acceptors (Lipinski definition) is 2. The summed E-state index contributed by atoms with van der Waals surface area (Å²) in [6.45, 7) is 5.32. The summed E-state index contributed by atoms with van der Waals surface area (Å²) in [7, 11) is 0. The van der Waals surface area contributed by atoms with Gasteiger partial charge in [0.05, 0.1) is 0 Å². The van der Waals surface area contributed by atoms with E-state index < -0.39 is 0 Å². The van der Waals surface area contributed by atoms with E-state index in [9.17, 15) is 9.59 Å². The van der Waals surface area contributed by atoms with Crippen LogP contribution in [0.1, 0.15) is 57.1 Å². The van der Waals surface area contributed by atoms with Crippen LogP contribution in [0, 0.1) is 11.8 Å². The SMILES string of the molecule is CC(C)C(=O)N1CCc2ccc(NC(=O)CC3CCCC3)cc2C1. The third-order valence-electron chi connectivity index (χ3n) is 5.26. The number of nitrogens with one attached hydrogen (secondary N) is 1. The Bertz CT molecular complexity index is 618. The summed E-state index contributed by atoms with van der Waals surface area (Å²) in [6, 6.07) is 6.13. The molecule has 0 saturated heterocycles. The largest absolute Gasteiger partial charge is 0.338 e. The van der Waals surface area contributed by atoms with Gasteiger partial charge in [0, 0.05) is 31.1 Å². The number of anilines is 1. The molecule has 3 rings (SSSR count). The van der Waals surface area contributed by atoms with Crippen molar-refractivity contribution in [3.8, 4) is 0 Å². The maximum Gasteiger partial charge on any atom is 0.225 e. The van der Waals surface area contributed by atoms with Gasteiger partial charge >= 0.3 is 0 Å². The maximum atomic E-state index is 12.2. The van der Waals surface area contributed by atoms with Crippen LogP contribution in [-0.2, 0) is 22.6 Å². The van der Waals surface area contributed by atoms with Crippen molar-refractivity contribution in [2.24, 2.45) is 11.8 Å². The zero-order valence-corrected chi connectivity index (χ0v) is 14.8. The molecule has 0 aromatic heterocycles. The van der Waals surface area contributed by atoms with Crippen LogP contribution in [0.5, 0.6) is 0 Å². The van der Waals surface area contributed by atoms with Crippen molar-refractivity contribution >= 4 is 17.5 Å². The average molecular weight is 328 g/mol. The van der Waals surface area contributed by atoms with Gasteiger partial charge in [-0.2, -0.15) is 0 Å². The zero-order valence-electron chi connectivity index (χ0n) is 14.8. The standard InChI is InChI=1S/C20H28N2O2/c1-14(2)20(24)22-10-9-16-7-8-18(12-17(16)13-22)21-19(23)11-15-5-3-4-6-15/h7-8,12,14-15H,3-6,9-11,13H2,1-2H3,(H,21,23). The van der Waals surface area contributed by atoms with Crippen molar-refractivity contribution < 1.29 is 9.59 Å². The molecule has 0 atom stereocenters. The Morgan fingerprint density at radius 1 is 1.21 bits per heavy atom. The lowest BCUT2D eigenvalue weighted by atomic mass is 9.98. The topological polar surface area (TPSA) is 49.4 Å². The van der Waals surface area contributed by atoms with Crippen LogP contribution in [0.15, 0.2) is 18.2 Å². The molecule has 1 heterocycles. The van der Waals surface area contributed by atoms with Gasteiger partial charge in [0.15, 0.2) is 0 Å². The van der Waals surface area contributed by atoms with E-state index in [1.54, 1.807) is 0 Å². The monoisotopic (exact) mass is 328 g/mol. The van der Waals surface area contributed by atoms with Crippen molar-refractivity contribution in [1.29, 1.82) is 0 Å². The molecule has 1 aromatic rings. The predicted octanol–water partition coefficient (Wildman–Crippen LogP) is 3.75. The van der Waals surface area contributed by atoms with Gasteiger partial charge in [0.1, 0.15) is 0 Å². The Balaban J connectivity index is 1.63. The molecular weight excluding hydrogens is 300 g/mol. The lowest BCUT2D eigenvalue weighted by molar-refractivity contribution is -0.135. The smallest absolute Gasteiger partial charge is 0.225 e. The van der Waals surface area contributed by atoms with Crippen molar-refractivity contribution in [3.63, 3.8) is 0 Å². The quantitative estimate of drug-likeness (QED) is 0.915. The van der Waals surface area contributed by atoms with Gasteiger partial charge in [-0.1, -0.05) is 32.8 Å². The van der Waals surface area contributed by atoms with Gasteiger partial charge in [-0.25, -0.2) is 0 Å². The molecule has 0 spiro atoms. The summed E-state index contributed by atoms with van der Waals surface area (Å²) in [5, 5.41) is 3.04. The first-order valence-corrected chi connectivity index (χ1v) is 9.23. The summed E-state index contributed by atoms with van der Waals surface area (Å²) in [6.07, 6.45) is 6.42. The van der Waals surface area contributed by atoms with E-state index in [0.717, 1.165) is 24.2 Å². The molecule has 2 amide bonds. The number of benzene rings is 1. The third-order valence-corrected chi connectivity index (χ3v) is 5.26. The van der Waals surface area contributed by atoms with Gasteiger partial charge in [-0.3, -0.25) is 9.59 Å². The van der Waals surface area contributed by atoms with Crippen molar-refractivity contribution in [2.75, 3.05) is 11.9 Å². The van der Waals surface area contributed by atoms with E-state index >= 15 is 0 Å². The van der Waals surface area contributed by atoms with E-state index in [4.69, 9.17) is 0 Å². The van der Waals surface area contributed by atoms with E-state index in [0.29, 0.717) is 18.9 Å². The molecular formula is C20H28N2O2. The number of carbonyl (C=O) groups excluding carboxylic acids is 2. The molecule has 130 valence electrons. The molecule has 24 heavy (non-hydrogen) atoms. The van der Waals surface area contributed by atoms with Crippen LogP contribution in [-0.4, -0.2) is 23.3 Å². The van der Waals surface area contributed by atoms with Crippen LogP contribution < -0.4 is 5.32 Å². The molecule has 2 aliphatic rings. The van der Waals surface area contributed by atoms with Crippen LogP contribution in [0.25, 0.3) is 0 Å². The first-order chi connectivity index (χ1) is 11.5. The maximum absolute atomic E-state index is 12.2. The fraction of sp³-hybridized carbons (Fsp3) is 0.600. The highest BCUT2D eigenvalue weighted by atomic mass is 16.2. The molecule has 0 radical (unpaired) electrons. The van der Waals surface area contributed by atoms with Gasteiger partial charge in [0.2, 0.25) is 11.8 Å². The molecule has 4 nitrogen and oxygen atoms in total. The Hall–Kier alpha value is -1.84. The second-order valence-corrected chi connectivity index (χ2v) is 7.55. The second-order valence-electron chi connectivity index (χ2n) is 7.55. The van der Waals surface area contributed by atoms with Crippen LogP contribution >= 0.6 is 0 Å². The summed E-state index contributed by atoms with van der Waals surface area (Å²) < 4.78 is 0. The molecule has 0 bridgehead atoms.